The van der Waals surface area contributed by atoms with Gasteiger partial charge in [0.15, 0.2) is 5.16 Å². The lowest BCUT2D eigenvalue weighted by Crippen LogP contribution is -2.29. The third kappa shape index (κ3) is 3.58. The van der Waals surface area contributed by atoms with Gasteiger partial charge in [-0.1, -0.05) is 30.8 Å². The average molecular weight is 331 g/mol. The number of carbonyl (C=O) groups is 1. The minimum atomic E-state index is -0.0324. The van der Waals surface area contributed by atoms with Gasteiger partial charge in [0.1, 0.15) is 0 Å². The number of amides is 1. The Bertz CT molecular complexity index is 783. The second kappa shape index (κ2) is 6.74. The van der Waals surface area contributed by atoms with E-state index in [1.807, 2.05) is 32.0 Å². The highest BCUT2D eigenvalue weighted by Crippen LogP contribution is 2.23. The lowest BCUT2D eigenvalue weighted by Gasteiger charge is -2.18. The van der Waals surface area contributed by atoms with Crippen LogP contribution in [0.4, 0.5) is 0 Å². The second-order valence-electron chi connectivity index (χ2n) is 5.97. The number of fused-ring (bicyclic) bond motifs is 1. The Morgan fingerprint density at radius 3 is 2.87 bits per heavy atom. The zero-order valence-electron chi connectivity index (χ0n) is 13.4. The number of thioether (sulfide) groups is 1. The van der Waals surface area contributed by atoms with Crippen molar-refractivity contribution in [1.82, 2.24) is 14.9 Å². The van der Waals surface area contributed by atoms with Crippen molar-refractivity contribution < 1.29 is 4.79 Å². The SMILES string of the molecule is CC[C@@H](C)n1c(SCC(=O)NC2CC2)nc2ccccc2c1=O. The van der Waals surface area contributed by atoms with Gasteiger partial charge in [-0.2, -0.15) is 0 Å². The predicted molar refractivity (Wildman–Crippen MR) is 92.9 cm³/mol. The highest BCUT2D eigenvalue weighted by atomic mass is 32.2. The van der Waals surface area contributed by atoms with Crippen LogP contribution in [0.5, 0.6) is 0 Å². The summed E-state index contributed by atoms with van der Waals surface area (Å²) in [5.41, 5.74) is 0.650. The van der Waals surface area contributed by atoms with Crippen LogP contribution in [0.3, 0.4) is 0 Å². The maximum Gasteiger partial charge on any atom is 0.262 e. The summed E-state index contributed by atoms with van der Waals surface area (Å²) in [6, 6.07) is 7.76. The third-order valence-electron chi connectivity index (χ3n) is 4.08. The molecule has 1 saturated carbocycles. The summed E-state index contributed by atoms with van der Waals surface area (Å²) in [7, 11) is 0. The summed E-state index contributed by atoms with van der Waals surface area (Å²) in [4.78, 5) is 29.3. The van der Waals surface area contributed by atoms with E-state index in [2.05, 4.69) is 10.3 Å². The molecule has 1 atom stereocenters. The molecule has 0 aliphatic heterocycles. The lowest BCUT2D eigenvalue weighted by atomic mass is 10.2. The molecule has 0 bridgehead atoms. The highest BCUT2D eigenvalue weighted by molar-refractivity contribution is 7.99. The third-order valence-corrected chi connectivity index (χ3v) is 5.03. The molecule has 0 spiro atoms. The first kappa shape index (κ1) is 16.1. The van der Waals surface area contributed by atoms with Gasteiger partial charge < -0.3 is 5.32 Å². The van der Waals surface area contributed by atoms with Crippen LogP contribution in [0, 0.1) is 0 Å². The number of carbonyl (C=O) groups excluding carboxylic acids is 1. The first-order valence-electron chi connectivity index (χ1n) is 8.03. The summed E-state index contributed by atoms with van der Waals surface area (Å²) >= 11 is 1.34. The van der Waals surface area contributed by atoms with Crippen LogP contribution >= 0.6 is 11.8 Å². The van der Waals surface area contributed by atoms with Crippen molar-refractivity contribution >= 4 is 28.6 Å². The smallest absolute Gasteiger partial charge is 0.262 e. The minimum absolute atomic E-state index is 0.00982. The Kier molecular flexibility index (Phi) is 4.71. The molecular formula is C17H21N3O2S. The quantitative estimate of drug-likeness (QED) is 0.653. The van der Waals surface area contributed by atoms with Crippen molar-refractivity contribution in [2.24, 2.45) is 0 Å². The standard InChI is InChI=1S/C17H21N3O2S/c1-3-11(2)20-16(22)13-6-4-5-7-14(13)19-17(20)23-10-15(21)18-12-8-9-12/h4-7,11-12H,3,8-10H2,1-2H3,(H,18,21)/t11-/m1/s1. The van der Waals surface area contributed by atoms with E-state index in [1.165, 1.54) is 11.8 Å². The molecule has 1 aromatic carbocycles. The lowest BCUT2D eigenvalue weighted by molar-refractivity contribution is -0.118. The van der Waals surface area contributed by atoms with Crippen molar-refractivity contribution in [2.75, 3.05) is 5.75 Å². The fraction of sp³-hybridized carbons (Fsp3) is 0.471. The Labute approximate surface area is 139 Å². The van der Waals surface area contributed by atoms with E-state index in [-0.39, 0.29) is 23.3 Å². The molecule has 6 heteroatoms. The van der Waals surface area contributed by atoms with Crippen molar-refractivity contribution in [3.05, 3.63) is 34.6 Å². The second-order valence-corrected chi connectivity index (χ2v) is 6.92. The molecule has 23 heavy (non-hydrogen) atoms. The van der Waals surface area contributed by atoms with E-state index in [0.29, 0.717) is 22.1 Å². The monoisotopic (exact) mass is 331 g/mol. The number of nitrogens with zero attached hydrogens (tertiary/aromatic N) is 2. The fourth-order valence-electron chi connectivity index (χ4n) is 2.43. The molecule has 0 saturated heterocycles. The van der Waals surface area contributed by atoms with Crippen molar-refractivity contribution in [2.45, 2.75) is 50.4 Å². The van der Waals surface area contributed by atoms with Crippen LogP contribution in [-0.4, -0.2) is 27.3 Å². The van der Waals surface area contributed by atoms with Crippen molar-refractivity contribution in [1.29, 1.82) is 0 Å². The van der Waals surface area contributed by atoms with Gasteiger partial charge in [0.2, 0.25) is 5.91 Å². The summed E-state index contributed by atoms with van der Waals surface area (Å²) in [6.45, 7) is 4.05. The number of hydrogen-bond donors (Lipinski definition) is 1. The molecule has 3 rings (SSSR count). The largest absolute Gasteiger partial charge is 0.353 e. The number of rotatable bonds is 6. The number of benzene rings is 1. The molecular weight excluding hydrogens is 310 g/mol. The number of para-hydroxylation sites is 1. The topological polar surface area (TPSA) is 64.0 Å². The van der Waals surface area contributed by atoms with E-state index in [9.17, 15) is 9.59 Å². The van der Waals surface area contributed by atoms with E-state index < -0.39 is 0 Å². The molecule has 1 aromatic heterocycles. The van der Waals surface area contributed by atoms with E-state index in [1.54, 1.807) is 10.6 Å². The number of hydrogen-bond acceptors (Lipinski definition) is 4. The van der Waals surface area contributed by atoms with Gasteiger partial charge >= 0.3 is 0 Å². The summed E-state index contributed by atoms with van der Waals surface area (Å²) in [6.07, 6.45) is 2.98. The van der Waals surface area contributed by atoms with Gasteiger partial charge in [-0.3, -0.25) is 14.2 Å². The fourth-order valence-corrected chi connectivity index (χ4v) is 3.33. The van der Waals surface area contributed by atoms with Crippen LogP contribution in [0.1, 0.15) is 39.2 Å². The molecule has 2 aromatic rings. The minimum Gasteiger partial charge on any atom is -0.353 e. The molecule has 1 N–H and O–H groups in total. The van der Waals surface area contributed by atoms with Crippen LogP contribution in [0.15, 0.2) is 34.2 Å². The van der Waals surface area contributed by atoms with Crippen molar-refractivity contribution in [3.8, 4) is 0 Å². The van der Waals surface area contributed by atoms with Crippen LogP contribution < -0.4 is 10.9 Å². The zero-order chi connectivity index (χ0) is 16.4. The molecule has 1 aliphatic rings. The van der Waals surface area contributed by atoms with Crippen LogP contribution in [0.2, 0.25) is 0 Å². The first-order valence-corrected chi connectivity index (χ1v) is 9.02. The van der Waals surface area contributed by atoms with Gasteiger partial charge in [0.05, 0.1) is 16.7 Å². The van der Waals surface area contributed by atoms with Gasteiger partial charge in [-0.05, 0) is 38.3 Å². The Morgan fingerprint density at radius 2 is 2.17 bits per heavy atom. The van der Waals surface area contributed by atoms with Gasteiger partial charge in [0, 0.05) is 12.1 Å². The average Bonchev–Trinajstić information content (AvgIpc) is 3.36. The van der Waals surface area contributed by atoms with E-state index >= 15 is 0 Å². The highest BCUT2D eigenvalue weighted by Gasteiger charge is 2.23. The molecule has 1 amide bonds. The normalized spacial score (nSPS) is 15.6. The zero-order valence-corrected chi connectivity index (χ0v) is 14.2. The molecule has 122 valence electrons. The van der Waals surface area contributed by atoms with E-state index in [4.69, 9.17) is 0 Å². The first-order chi connectivity index (χ1) is 11.1. The number of nitrogens with one attached hydrogen (secondary N) is 1. The number of aromatic nitrogens is 2. The van der Waals surface area contributed by atoms with Gasteiger partial charge in [-0.15, -0.1) is 0 Å². The van der Waals surface area contributed by atoms with Gasteiger partial charge in [-0.25, -0.2) is 4.98 Å². The van der Waals surface area contributed by atoms with Crippen LogP contribution in [0.25, 0.3) is 10.9 Å². The summed E-state index contributed by atoms with van der Waals surface area (Å²) in [5, 5.41) is 4.21. The van der Waals surface area contributed by atoms with Crippen LogP contribution in [-0.2, 0) is 4.79 Å². The summed E-state index contributed by atoms with van der Waals surface area (Å²) < 4.78 is 1.72. The summed E-state index contributed by atoms with van der Waals surface area (Å²) in [5.74, 6) is 0.299. The van der Waals surface area contributed by atoms with E-state index in [0.717, 1.165) is 19.3 Å². The Balaban J connectivity index is 1.92. The molecule has 0 radical (unpaired) electrons. The van der Waals surface area contributed by atoms with Gasteiger partial charge in [0.25, 0.3) is 5.56 Å². The molecule has 1 fully saturated rings. The molecule has 1 heterocycles. The predicted octanol–water partition coefficient (Wildman–Crippen LogP) is 2.74. The van der Waals surface area contributed by atoms with Crippen molar-refractivity contribution in [3.63, 3.8) is 0 Å². The molecule has 1 aliphatic carbocycles. The maximum absolute atomic E-state index is 12.8. The molecule has 5 nitrogen and oxygen atoms in total. The Morgan fingerprint density at radius 1 is 1.43 bits per heavy atom. The Hall–Kier alpha value is -1.82. The molecule has 0 unspecified atom stereocenters. The maximum atomic E-state index is 12.8.